The number of esters is 2. The first kappa shape index (κ1) is 19.4. The average Bonchev–Trinajstić information content (AvgIpc) is 2.98. The number of carbonyl (C=O) groups is 2. The maximum Gasteiger partial charge on any atom is 0.331 e. The molecule has 3 atom stereocenters. The molecule has 0 saturated heterocycles. The Balaban J connectivity index is 1.59. The zero-order valence-electron chi connectivity index (χ0n) is 16.4. The van der Waals surface area contributed by atoms with E-state index >= 15 is 0 Å². The van der Waals surface area contributed by atoms with Gasteiger partial charge in [0, 0.05) is 17.6 Å². The Labute approximate surface area is 161 Å². The van der Waals surface area contributed by atoms with Crippen molar-refractivity contribution in [2.24, 2.45) is 16.7 Å². The summed E-state index contributed by atoms with van der Waals surface area (Å²) in [6, 6.07) is 7.50. The van der Waals surface area contributed by atoms with Gasteiger partial charge < -0.3 is 9.47 Å². The number of ether oxygens (including phenoxy) is 2. The fourth-order valence-corrected chi connectivity index (χ4v) is 4.65. The summed E-state index contributed by atoms with van der Waals surface area (Å²) in [5.74, 6) is -0.117. The summed E-state index contributed by atoms with van der Waals surface area (Å²) < 4.78 is 10.9. The van der Waals surface area contributed by atoms with Crippen LogP contribution in [0.4, 0.5) is 0 Å². The zero-order valence-corrected chi connectivity index (χ0v) is 16.4. The van der Waals surface area contributed by atoms with Gasteiger partial charge in [0.05, 0.1) is 0 Å². The molecule has 0 aromatic heterocycles. The van der Waals surface area contributed by atoms with E-state index in [0.717, 1.165) is 30.0 Å². The molecule has 0 heterocycles. The second-order valence-corrected chi connectivity index (χ2v) is 8.43. The highest BCUT2D eigenvalue weighted by atomic mass is 16.5. The average molecular weight is 368 g/mol. The van der Waals surface area contributed by atoms with Gasteiger partial charge in [-0.1, -0.05) is 45.5 Å². The van der Waals surface area contributed by atoms with Crippen LogP contribution in [0.1, 0.15) is 51.2 Å². The Hall–Kier alpha value is -2.36. The van der Waals surface area contributed by atoms with Crippen molar-refractivity contribution in [2.45, 2.75) is 52.7 Å². The normalized spacial score (nSPS) is 28.3. The quantitative estimate of drug-likeness (QED) is 0.540. The van der Waals surface area contributed by atoms with E-state index in [1.54, 1.807) is 6.08 Å². The van der Waals surface area contributed by atoms with Crippen molar-refractivity contribution in [2.75, 3.05) is 0 Å². The summed E-state index contributed by atoms with van der Waals surface area (Å²) in [5, 5.41) is 0. The van der Waals surface area contributed by atoms with Gasteiger partial charge >= 0.3 is 11.9 Å². The van der Waals surface area contributed by atoms with E-state index < -0.39 is 5.97 Å². The lowest BCUT2D eigenvalue weighted by atomic mass is 9.70. The third kappa shape index (κ3) is 3.71. The monoisotopic (exact) mass is 368 g/mol. The molecule has 0 N–H and O–H groups in total. The lowest BCUT2D eigenvalue weighted by molar-refractivity contribution is -0.150. The zero-order chi connectivity index (χ0) is 19.7. The third-order valence-electron chi connectivity index (χ3n) is 6.88. The predicted octanol–water partition coefficient (Wildman–Crippen LogP) is 4.69. The van der Waals surface area contributed by atoms with Crippen LogP contribution in [-0.2, 0) is 25.7 Å². The smallest absolute Gasteiger partial charge is 0.331 e. The standard InChI is InChI=1S/C23H28O4/c1-5-20(24)26-15-17-8-6-7-16(13-17)9-10-21(25)27-19-14-18-11-12-23(19,4)22(18,2)3/h5-10,13,18-19H,1,11-12,14-15H2,2-4H3/b10-9+. The number of hydrogen-bond donors (Lipinski definition) is 0. The van der Waals surface area contributed by atoms with Gasteiger partial charge in [0.25, 0.3) is 0 Å². The van der Waals surface area contributed by atoms with Crippen molar-refractivity contribution in [3.63, 3.8) is 0 Å². The second kappa shape index (κ2) is 7.34. The van der Waals surface area contributed by atoms with E-state index in [2.05, 4.69) is 27.4 Å². The number of hydrogen-bond acceptors (Lipinski definition) is 4. The molecule has 1 aromatic rings. The van der Waals surface area contributed by atoms with Crippen LogP contribution < -0.4 is 0 Å². The molecule has 2 saturated carbocycles. The van der Waals surface area contributed by atoms with Crippen LogP contribution in [0.5, 0.6) is 0 Å². The molecule has 3 rings (SSSR count). The van der Waals surface area contributed by atoms with Crippen LogP contribution in [-0.4, -0.2) is 18.0 Å². The van der Waals surface area contributed by atoms with Crippen molar-refractivity contribution in [1.82, 2.24) is 0 Å². The summed E-state index contributed by atoms with van der Waals surface area (Å²) in [6.07, 6.45) is 7.67. The van der Waals surface area contributed by atoms with Crippen molar-refractivity contribution in [1.29, 1.82) is 0 Å². The van der Waals surface area contributed by atoms with E-state index in [0.29, 0.717) is 5.92 Å². The molecule has 4 nitrogen and oxygen atoms in total. The lowest BCUT2D eigenvalue weighted by Crippen LogP contribution is -2.38. The van der Waals surface area contributed by atoms with Gasteiger partial charge in [-0.15, -0.1) is 0 Å². The fourth-order valence-electron chi connectivity index (χ4n) is 4.65. The molecule has 2 fully saturated rings. The van der Waals surface area contributed by atoms with Crippen molar-refractivity contribution in [3.8, 4) is 0 Å². The Kier molecular flexibility index (Phi) is 5.27. The van der Waals surface area contributed by atoms with Gasteiger partial charge in [0.15, 0.2) is 0 Å². The largest absolute Gasteiger partial charge is 0.459 e. The Morgan fingerprint density at radius 2 is 2.04 bits per heavy atom. The maximum absolute atomic E-state index is 12.4. The van der Waals surface area contributed by atoms with Gasteiger partial charge in [0.1, 0.15) is 12.7 Å². The molecule has 4 heteroatoms. The van der Waals surface area contributed by atoms with Crippen LogP contribution in [0.25, 0.3) is 6.08 Å². The summed E-state index contributed by atoms with van der Waals surface area (Å²) in [6.45, 7) is 10.4. The van der Waals surface area contributed by atoms with Crippen LogP contribution in [0, 0.1) is 16.7 Å². The minimum atomic E-state index is -0.457. The molecule has 2 aliphatic carbocycles. The maximum atomic E-state index is 12.4. The van der Waals surface area contributed by atoms with Gasteiger partial charge in [-0.3, -0.25) is 0 Å². The van der Waals surface area contributed by atoms with Crippen LogP contribution in [0.2, 0.25) is 0 Å². The molecule has 27 heavy (non-hydrogen) atoms. The molecule has 0 amide bonds. The molecular weight excluding hydrogens is 340 g/mol. The molecule has 2 bridgehead atoms. The number of fused-ring (bicyclic) bond motifs is 2. The molecular formula is C23H28O4. The molecule has 1 aromatic carbocycles. The SMILES string of the molecule is C=CC(=O)OCc1cccc(/C=C/C(=O)OC2CC3CCC2(C)C3(C)C)c1. The highest BCUT2D eigenvalue weighted by Gasteiger charge is 2.62. The molecule has 3 unspecified atom stereocenters. The van der Waals surface area contributed by atoms with Crippen molar-refractivity contribution in [3.05, 3.63) is 54.1 Å². The lowest BCUT2D eigenvalue weighted by Gasteiger charge is -2.38. The Bertz CT molecular complexity index is 776. The predicted molar refractivity (Wildman–Crippen MR) is 105 cm³/mol. The molecule has 2 aliphatic rings. The summed E-state index contributed by atoms with van der Waals surface area (Å²) in [7, 11) is 0. The Morgan fingerprint density at radius 3 is 2.67 bits per heavy atom. The van der Waals surface area contributed by atoms with Crippen LogP contribution in [0.15, 0.2) is 43.0 Å². The van der Waals surface area contributed by atoms with Crippen LogP contribution in [0.3, 0.4) is 0 Å². The van der Waals surface area contributed by atoms with Gasteiger partial charge in [-0.05, 0) is 53.9 Å². The summed E-state index contributed by atoms with van der Waals surface area (Å²) >= 11 is 0. The first-order valence-electron chi connectivity index (χ1n) is 9.53. The third-order valence-corrected chi connectivity index (χ3v) is 6.88. The molecule has 0 radical (unpaired) electrons. The van der Waals surface area contributed by atoms with E-state index in [4.69, 9.17) is 9.47 Å². The summed E-state index contributed by atoms with van der Waals surface area (Å²) in [4.78, 5) is 23.5. The van der Waals surface area contributed by atoms with Gasteiger partial charge in [-0.25, -0.2) is 9.59 Å². The number of rotatable bonds is 6. The summed E-state index contributed by atoms with van der Waals surface area (Å²) in [5.41, 5.74) is 2.00. The molecule has 0 aliphatic heterocycles. The van der Waals surface area contributed by atoms with E-state index in [9.17, 15) is 9.59 Å². The number of carbonyl (C=O) groups excluding carboxylic acids is 2. The minimum Gasteiger partial charge on any atom is -0.459 e. The van der Waals surface area contributed by atoms with Gasteiger partial charge in [0.2, 0.25) is 0 Å². The number of benzene rings is 1. The highest BCUT2D eigenvalue weighted by Crippen LogP contribution is 2.66. The van der Waals surface area contributed by atoms with E-state index in [-0.39, 0.29) is 29.5 Å². The van der Waals surface area contributed by atoms with E-state index in [1.165, 1.54) is 12.5 Å². The first-order valence-corrected chi connectivity index (χ1v) is 9.53. The topological polar surface area (TPSA) is 52.6 Å². The molecule has 0 spiro atoms. The molecule has 144 valence electrons. The van der Waals surface area contributed by atoms with E-state index in [1.807, 2.05) is 24.3 Å². The minimum absolute atomic E-state index is 0.00644. The highest BCUT2D eigenvalue weighted by molar-refractivity contribution is 5.87. The van der Waals surface area contributed by atoms with Crippen molar-refractivity contribution >= 4 is 18.0 Å². The first-order chi connectivity index (χ1) is 12.8. The Morgan fingerprint density at radius 1 is 1.26 bits per heavy atom. The fraction of sp³-hybridized carbons (Fsp3) is 0.478. The van der Waals surface area contributed by atoms with Crippen molar-refractivity contribution < 1.29 is 19.1 Å². The van der Waals surface area contributed by atoms with Crippen LogP contribution >= 0.6 is 0 Å². The van der Waals surface area contributed by atoms with Gasteiger partial charge in [-0.2, -0.15) is 0 Å². The second-order valence-electron chi connectivity index (χ2n) is 8.43.